The highest BCUT2D eigenvalue weighted by atomic mass is 16.4. The molecule has 0 aromatic carbocycles. The van der Waals surface area contributed by atoms with E-state index >= 15 is 0 Å². The molecule has 0 aliphatic rings. The Balaban J connectivity index is -0.000000137. The Morgan fingerprint density at radius 3 is 0.536 bits per heavy atom. The van der Waals surface area contributed by atoms with Crippen molar-refractivity contribution < 1.29 is 48.6 Å². The molecule has 0 aromatic rings. The predicted molar refractivity (Wildman–Crippen MR) is 97.8 cm³/mol. The van der Waals surface area contributed by atoms with Crippen LogP contribution in [0.5, 0.6) is 0 Å². The van der Waals surface area contributed by atoms with Gasteiger partial charge in [0.2, 0.25) is 0 Å². The fraction of sp³-hybridized carbons (Fsp3) is 0.556. The van der Waals surface area contributed by atoms with E-state index in [9.17, 15) is 38.4 Å². The molecular formula is C18H28O10. The monoisotopic (exact) mass is 404 g/mol. The molecule has 10 nitrogen and oxygen atoms in total. The molecule has 10 heteroatoms. The van der Waals surface area contributed by atoms with Crippen LogP contribution < -0.4 is 0 Å². The van der Waals surface area contributed by atoms with Crippen LogP contribution in [0.3, 0.4) is 0 Å². The molecule has 0 fully saturated rings. The second-order valence-corrected chi connectivity index (χ2v) is 5.71. The van der Waals surface area contributed by atoms with Gasteiger partial charge in [0.05, 0.1) is 12.8 Å². The van der Waals surface area contributed by atoms with Crippen molar-refractivity contribution in [1.29, 1.82) is 0 Å². The van der Waals surface area contributed by atoms with Crippen LogP contribution in [0.4, 0.5) is 0 Å². The van der Waals surface area contributed by atoms with Gasteiger partial charge >= 0.3 is 11.9 Å². The Morgan fingerprint density at radius 1 is 0.393 bits per heavy atom. The van der Waals surface area contributed by atoms with E-state index in [2.05, 4.69) is 0 Å². The van der Waals surface area contributed by atoms with Crippen LogP contribution >= 0.6 is 0 Å². The van der Waals surface area contributed by atoms with Gasteiger partial charge in [-0.15, -0.1) is 0 Å². The lowest BCUT2D eigenvalue weighted by Crippen LogP contribution is -2.00. The zero-order valence-electron chi connectivity index (χ0n) is 17.0. The van der Waals surface area contributed by atoms with E-state index in [4.69, 9.17) is 10.2 Å². The average molecular weight is 404 g/mol. The maximum atomic E-state index is 10.0. The minimum absolute atomic E-state index is 0.0625. The number of carbonyl (C=O) groups is 8. The molecule has 2 N–H and O–H groups in total. The first-order valence-electron chi connectivity index (χ1n) is 7.91. The predicted octanol–water partition coefficient (Wildman–Crippen LogP) is 1.21. The minimum atomic E-state index is -1.06. The lowest BCUT2D eigenvalue weighted by molar-refractivity contribution is -0.141. The van der Waals surface area contributed by atoms with E-state index in [-0.39, 0.29) is 60.4 Å². The Morgan fingerprint density at radius 2 is 0.536 bits per heavy atom. The van der Waals surface area contributed by atoms with Crippen LogP contribution in [0.15, 0.2) is 0 Å². The molecule has 0 aliphatic heterocycles. The summed E-state index contributed by atoms with van der Waals surface area (Å²) in [4.78, 5) is 79.1. The summed E-state index contributed by atoms with van der Waals surface area (Å²) in [5, 5.41) is 15.7. The summed E-state index contributed by atoms with van der Waals surface area (Å²) in [5.41, 5.74) is 0. The number of rotatable bonds is 8. The smallest absolute Gasteiger partial charge is 0.310 e. The maximum Gasteiger partial charge on any atom is 0.310 e. The molecule has 28 heavy (non-hydrogen) atoms. The van der Waals surface area contributed by atoms with Crippen molar-refractivity contribution in [1.82, 2.24) is 0 Å². The number of aliphatic carboxylic acids is 2. The molecule has 0 bridgehead atoms. The first-order chi connectivity index (χ1) is 12.5. The van der Waals surface area contributed by atoms with Gasteiger partial charge in [0, 0.05) is 0 Å². The second-order valence-electron chi connectivity index (χ2n) is 5.71. The van der Waals surface area contributed by atoms with Gasteiger partial charge in [-0.05, 0) is 41.5 Å². The summed E-state index contributed by atoms with van der Waals surface area (Å²) < 4.78 is 0. The lowest BCUT2D eigenvalue weighted by Gasteiger charge is -1.81. The topological polar surface area (TPSA) is 177 Å². The van der Waals surface area contributed by atoms with Crippen LogP contribution in [0.25, 0.3) is 0 Å². The Hall–Kier alpha value is -3.04. The summed E-state index contributed by atoms with van der Waals surface area (Å²) in [6.07, 6.45) is -0.556. The number of carboxylic acid groups (broad SMARTS) is 2. The first-order valence-corrected chi connectivity index (χ1v) is 7.91. The molecule has 0 atom stereocenters. The molecular weight excluding hydrogens is 376 g/mol. The van der Waals surface area contributed by atoms with Crippen molar-refractivity contribution in [3.63, 3.8) is 0 Å². The quantitative estimate of drug-likeness (QED) is 0.559. The third-order valence-corrected chi connectivity index (χ3v) is 1.80. The first kappa shape index (κ1) is 32.6. The molecule has 0 saturated heterocycles. The van der Waals surface area contributed by atoms with E-state index in [1.807, 2.05) is 0 Å². The van der Waals surface area contributed by atoms with Crippen LogP contribution in [-0.2, 0) is 38.4 Å². The van der Waals surface area contributed by atoms with Crippen LogP contribution in [0.2, 0.25) is 0 Å². The fourth-order valence-electron chi connectivity index (χ4n) is 1.13. The number of hydrogen-bond acceptors (Lipinski definition) is 8. The highest BCUT2D eigenvalue weighted by Crippen LogP contribution is 1.81. The zero-order valence-corrected chi connectivity index (χ0v) is 17.0. The van der Waals surface area contributed by atoms with E-state index in [0.717, 1.165) is 0 Å². The zero-order chi connectivity index (χ0) is 23.4. The van der Waals surface area contributed by atoms with Crippen LogP contribution in [0, 0.1) is 0 Å². The van der Waals surface area contributed by atoms with Crippen LogP contribution in [-0.4, -0.2) is 56.9 Å². The van der Waals surface area contributed by atoms with Gasteiger partial charge in [0.1, 0.15) is 47.5 Å². The van der Waals surface area contributed by atoms with Gasteiger partial charge in [-0.2, -0.15) is 0 Å². The number of Topliss-reactive ketones (excluding diaryl/α,β-unsaturated/α-hetero) is 6. The standard InChI is InChI=1S/2C5H8O2.2C4H6O3/c2*1-4(6)3-5(2)7;2*1-3(5)2-4(6)7/h2*3H2,1-2H3;2*2H2,1H3,(H,6,7). The minimum Gasteiger partial charge on any atom is -0.481 e. The van der Waals surface area contributed by atoms with Crippen molar-refractivity contribution in [3.05, 3.63) is 0 Å². The number of carbonyl (C=O) groups excluding carboxylic acids is 6. The SMILES string of the molecule is CC(=O)CC(=O)O.CC(=O)CC(=O)O.CC(=O)CC(C)=O.CC(=O)CC(C)=O. The second kappa shape index (κ2) is 20.3. The van der Waals surface area contributed by atoms with Gasteiger partial charge in [-0.25, -0.2) is 0 Å². The molecule has 0 amide bonds. The molecule has 0 heterocycles. The van der Waals surface area contributed by atoms with Crippen molar-refractivity contribution in [2.24, 2.45) is 0 Å². The van der Waals surface area contributed by atoms with Gasteiger partial charge < -0.3 is 10.2 Å². The highest BCUT2D eigenvalue weighted by molar-refractivity contribution is 5.97. The average Bonchev–Trinajstić information content (AvgIpc) is 2.32. The highest BCUT2D eigenvalue weighted by Gasteiger charge is 1.99. The Labute approximate surface area is 163 Å². The molecule has 0 radical (unpaired) electrons. The van der Waals surface area contributed by atoms with E-state index in [0.29, 0.717) is 0 Å². The third-order valence-electron chi connectivity index (χ3n) is 1.80. The molecule has 0 aromatic heterocycles. The van der Waals surface area contributed by atoms with Gasteiger partial charge in [-0.1, -0.05) is 0 Å². The summed E-state index contributed by atoms with van der Waals surface area (Å²) in [6.45, 7) is 8.10. The molecule has 0 unspecified atom stereocenters. The molecule has 0 aliphatic carbocycles. The van der Waals surface area contributed by atoms with Gasteiger partial charge in [0.25, 0.3) is 0 Å². The number of ketones is 6. The van der Waals surface area contributed by atoms with Gasteiger partial charge in [0.15, 0.2) is 0 Å². The number of hydrogen-bond donors (Lipinski definition) is 2. The van der Waals surface area contributed by atoms with E-state index in [1.165, 1.54) is 41.5 Å². The summed E-state index contributed by atoms with van der Waals surface area (Å²) in [5.74, 6) is -3.00. The molecule has 0 spiro atoms. The lowest BCUT2D eigenvalue weighted by atomic mass is 10.2. The van der Waals surface area contributed by atoms with Crippen molar-refractivity contribution in [2.75, 3.05) is 0 Å². The third kappa shape index (κ3) is 65.9. The maximum absolute atomic E-state index is 10.0. The molecule has 160 valence electrons. The fourth-order valence-corrected chi connectivity index (χ4v) is 1.13. The van der Waals surface area contributed by atoms with E-state index in [1.54, 1.807) is 0 Å². The Bertz CT molecular complexity index is 435. The Kier molecular flexibility index (Phi) is 23.6. The van der Waals surface area contributed by atoms with Gasteiger partial charge in [-0.3, -0.25) is 38.4 Å². The van der Waals surface area contributed by atoms with Crippen molar-refractivity contribution in [2.45, 2.75) is 67.2 Å². The number of carboxylic acids is 2. The molecule has 0 saturated carbocycles. The summed E-state index contributed by atoms with van der Waals surface area (Å²) in [7, 11) is 0. The summed E-state index contributed by atoms with van der Waals surface area (Å²) >= 11 is 0. The summed E-state index contributed by atoms with van der Waals surface area (Å²) in [6, 6.07) is 0. The van der Waals surface area contributed by atoms with Crippen LogP contribution in [0.1, 0.15) is 67.2 Å². The van der Waals surface area contributed by atoms with Crippen molar-refractivity contribution in [3.8, 4) is 0 Å². The largest absolute Gasteiger partial charge is 0.481 e. The normalized spacial score (nSPS) is 8.21. The molecule has 0 rings (SSSR count). The van der Waals surface area contributed by atoms with Crippen molar-refractivity contribution >= 4 is 46.6 Å². The van der Waals surface area contributed by atoms with E-state index < -0.39 is 11.9 Å².